The van der Waals surface area contributed by atoms with E-state index in [1.54, 1.807) is 4.90 Å². The average molecular weight is 303 g/mol. The second-order valence-electron chi connectivity index (χ2n) is 6.22. The van der Waals surface area contributed by atoms with Gasteiger partial charge < -0.3 is 10.6 Å². The Morgan fingerprint density at radius 1 is 1.41 bits per heavy atom. The van der Waals surface area contributed by atoms with Gasteiger partial charge in [0.1, 0.15) is 5.84 Å². The lowest BCUT2D eigenvalue weighted by Gasteiger charge is -2.39. The highest BCUT2D eigenvalue weighted by Crippen LogP contribution is 2.42. The normalized spacial score (nSPS) is 29.0. The number of halogens is 1. The Balaban J connectivity index is 2.07. The van der Waals surface area contributed by atoms with Gasteiger partial charge in [-0.05, 0) is 37.3 Å². The van der Waals surface area contributed by atoms with E-state index < -0.39 is 12.5 Å². The molecule has 0 amide bonds. The Hall–Kier alpha value is -1.95. The number of amidine groups is 1. The van der Waals surface area contributed by atoms with Gasteiger partial charge in [-0.2, -0.15) is 4.99 Å². The van der Waals surface area contributed by atoms with Gasteiger partial charge in [0, 0.05) is 0 Å². The number of guanidine groups is 1. The van der Waals surface area contributed by atoms with Gasteiger partial charge >= 0.3 is 0 Å². The lowest BCUT2D eigenvalue weighted by atomic mass is 9.99. The fourth-order valence-electron chi connectivity index (χ4n) is 3.50. The molecule has 2 unspecified atom stereocenters. The van der Waals surface area contributed by atoms with Crippen LogP contribution in [0.4, 0.5) is 4.39 Å². The van der Waals surface area contributed by atoms with Crippen LogP contribution in [0.15, 0.2) is 28.2 Å². The highest BCUT2D eigenvalue weighted by molar-refractivity contribution is 5.99. The van der Waals surface area contributed by atoms with Crippen molar-refractivity contribution in [1.82, 2.24) is 4.90 Å². The predicted octanol–water partition coefficient (Wildman–Crippen LogP) is 1.86. The number of aryl methyl sites for hydroxylation is 1. The van der Waals surface area contributed by atoms with E-state index in [4.69, 9.17) is 11.5 Å². The van der Waals surface area contributed by atoms with Gasteiger partial charge in [-0.3, -0.25) is 5.73 Å². The Labute approximate surface area is 129 Å². The summed E-state index contributed by atoms with van der Waals surface area (Å²) < 4.78 is 14.1. The minimum atomic E-state index is -1.25. The van der Waals surface area contributed by atoms with Crippen LogP contribution in [0.25, 0.3) is 0 Å². The Morgan fingerprint density at radius 2 is 2.14 bits per heavy atom. The van der Waals surface area contributed by atoms with Gasteiger partial charge in [-0.25, -0.2) is 9.38 Å². The van der Waals surface area contributed by atoms with Crippen molar-refractivity contribution in [3.05, 3.63) is 34.9 Å². The molecule has 0 aromatic heterocycles. The SMILES string of the molecule is Cc1ccc2c(c1)[C@H](N1C(C(C)F)=NC(N)=NC1N)[C@@H](C)C2. The second-order valence-corrected chi connectivity index (χ2v) is 6.22. The average Bonchev–Trinajstić information content (AvgIpc) is 2.73. The molecule has 1 aromatic rings. The lowest BCUT2D eigenvalue weighted by Crippen LogP contribution is -2.53. The molecule has 2 aliphatic rings. The summed E-state index contributed by atoms with van der Waals surface area (Å²) in [6, 6.07) is 6.37. The third kappa shape index (κ3) is 2.37. The minimum Gasteiger partial charge on any atom is -0.368 e. The number of aliphatic imine (C=N–C) groups is 2. The first kappa shape index (κ1) is 15.0. The molecule has 0 fully saturated rings. The summed E-state index contributed by atoms with van der Waals surface area (Å²) in [4.78, 5) is 10.0. The number of benzene rings is 1. The van der Waals surface area contributed by atoms with Crippen LogP contribution in [-0.4, -0.2) is 29.2 Å². The molecule has 0 radical (unpaired) electrons. The molecule has 0 bridgehead atoms. The van der Waals surface area contributed by atoms with Crippen molar-refractivity contribution in [2.75, 3.05) is 0 Å². The summed E-state index contributed by atoms with van der Waals surface area (Å²) in [7, 11) is 0. The van der Waals surface area contributed by atoms with Crippen LogP contribution in [-0.2, 0) is 6.42 Å². The monoisotopic (exact) mass is 303 g/mol. The number of fused-ring (bicyclic) bond motifs is 1. The van der Waals surface area contributed by atoms with Crippen LogP contribution in [0.2, 0.25) is 0 Å². The molecule has 1 aromatic carbocycles. The molecule has 4 N–H and O–H groups in total. The first-order valence-corrected chi connectivity index (χ1v) is 7.57. The summed E-state index contributed by atoms with van der Waals surface area (Å²) in [5, 5.41) is 0. The van der Waals surface area contributed by atoms with E-state index in [0.717, 1.165) is 6.42 Å². The molecule has 0 spiro atoms. The van der Waals surface area contributed by atoms with E-state index in [1.165, 1.54) is 23.6 Å². The lowest BCUT2D eigenvalue weighted by molar-refractivity contribution is 0.185. The van der Waals surface area contributed by atoms with Crippen molar-refractivity contribution in [2.24, 2.45) is 27.4 Å². The smallest absolute Gasteiger partial charge is 0.220 e. The van der Waals surface area contributed by atoms with Gasteiger partial charge in [0.05, 0.1) is 6.04 Å². The van der Waals surface area contributed by atoms with E-state index in [2.05, 4.69) is 42.0 Å². The number of alkyl halides is 1. The number of nitrogens with zero attached hydrogens (tertiary/aromatic N) is 3. The molecule has 1 aliphatic carbocycles. The first-order chi connectivity index (χ1) is 10.4. The number of nitrogens with two attached hydrogens (primary N) is 2. The highest BCUT2D eigenvalue weighted by Gasteiger charge is 2.40. The van der Waals surface area contributed by atoms with Gasteiger partial charge in [0.15, 0.2) is 12.5 Å². The molecule has 0 saturated heterocycles. The van der Waals surface area contributed by atoms with Crippen molar-refractivity contribution in [3.63, 3.8) is 0 Å². The molecule has 5 nitrogen and oxygen atoms in total. The molecule has 118 valence electrons. The second kappa shape index (κ2) is 5.35. The zero-order valence-electron chi connectivity index (χ0n) is 13.1. The Bertz CT molecular complexity index is 652. The standard InChI is InChI=1S/C16H22FN5/c1-8-4-5-11-7-9(2)13(12(11)6-8)22-14(10(3)17)20-15(18)21-16(22)19/h4-6,9-10,13,16H,7,19H2,1-3H3,(H2,18,21)/t9-,10?,13+,16?/m0/s1. The Morgan fingerprint density at radius 3 is 2.82 bits per heavy atom. The predicted molar refractivity (Wildman–Crippen MR) is 86.2 cm³/mol. The highest BCUT2D eigenvalue weighted by atomic mass is 19.1. The third-order valence-electron chi connectivity index (χ3n) is 4.40. The number of hydrogen-bond acceptors (Lipinski definition) is 5. The quantitative estimate of drug-likeness (QED) is 0.875. The topological polar surface area (TPSA) is 80.0 Å². The molecular weight excluding hydrogens is 281 g/mol. The van der Waals surface area contributed by atoms with Gasteiger partial charge in [0.25, 0.3) is 0 Å². The van der Waals surface area contributed by atoms with Crippen molar-refractivity contribution in [1.29, 1.82) is 0 Å². The first-order valence-electron chi connectivity index (χ1n) is 7.57. The number of hydrogen-bond donors (Lipinski definition) is 2. The molecule has 4 atom stereocenters. The minimum absolute atomic E-state index is 0.0290. The van der Waals surface area contributed by atoms with Crippen LogP contribution in [0.5, 0.6) is 0 Å². The molecule has 1 aliphatic heterocycles. The molecular formula is C16H22FN5. The summed E-state index contributed by atoms with van der Waals surface area (Å²) >= 11 is 0. The van der Waals surface area contributed by atoms with E-state index in [0.29, 0.717) is 5.92 Å². The largest absolute Gasteiger partial charge is 0.368 e. The van der Waals surface area contributed by atoms with Crippen LogP contribution >= 0.6 is 0 Å². The van der Waals surface area contributed by atoms with E-state index >= 15 is 0 Å². The maximum atomic E-state index is 14.1. The summed E-state index contributed by atoms with van der Waals surface area (Å²) in [6.07, 6.45) is -1.01. The van der Waals surface area contributed by atoms with E-state index in [9.17, 15) is 4.39 Å². The van der Waals surface area contributed by atoms with Gasteiger partial charge in [-0.1, -0.05) is 30.7 Å². The van der Waals surface area contributed by atoms with E-state index in [-0.39, 0.29) is 17.8 Å². The van der Waals surface area contributed by atoms with Crippen molar-refractivity contribution in [2.45, 2.75) is 45.7 Å². The third-order valence-corrected chi connectivity index (χ3v) is 4.40. The molecule has 3 rings (SSSR count). The maximum Gasteiger partial charge on any atom is 0.220 e. The van der Waals surface area contributed by atoms with Crippen molar-refractivity contribution < 1.29 is 4.39 Å². The zero-order valence-corrected chi connectivity index (χ0v) is 13.1. The molecule has 1 heterocycles. The fourth-order valence-corrected chi connectivity index (χ4v) is 3.50. The van der Waals surface area contributed by atoms with Crippen LogP contribution in [0, 0.1) is 12.8 Å². The van der Waals surface area contributed by atoms with Gasteiger partial charge in [-0.15, -0.1) is 0 Å². The Kier molecular flexibility index (Phi) is 3.64. The van der Waals surface area contributed by atoms with E-state index in [1.807, 2.05) is 0 Å². The summed E-state index contributed by atoms with van der Waals surface area (Å²) in [5.41, 5.74) is 15.4. The number of rotatable bonds is 2. The van der Waals surface area contributed by atoms with Crippen molar-refractivity contribution >= 4 is 11.8 Å². The van der Waals surface area contributed by atoms with Crippen LogP contribution in [0.3, 0.4) is 0 Å². The molecule has 22 heavy (non-hydrogen) atoms. The van der Waals surface area contributed by atoms with Crippen LogP contribution in [0.1, 0.15) is 36.6 Å². The van der Waals surface area contributed by atoms with Crippen molar-refractivity contribution in [3.8, 4) is 0 Å². The zero-order chi connectivity index (χ0) is 16.0. The molecule has 6 heteroatoms. The fraction of sp³-hybridized carbons (Fsp3) is 0.500. The van der Waals surface area contributed by atoms with Gasteiger partial charge in [0.2, 0.25) is 5.96 Å². The maximum absolute atomic E-state index is 14.1. The molecule has 0 saturated carbocycles. The summed E-state index contributed by atoms with van der Waals surface area (Å²) in [6.45, 7) is 5.65. The van der Waals surface area contributed by atoms with Crippen LogP contribution < -0.4 is 11.5 Å². The summed E-state index contributed by atoms with van der Waals surface area (Å²) in [5.74, 6) is 0.617.